The normalized spacial score (nSPS) is 24.7. The molecule has 0 N–H and O–H groups in total. The molecule has 0 aromatic heterocycles. The molecule has 2 heterocycles. The Balaban J connectivity index is 1.25. The molecule has 146 valence electrons. The molecule has 1 aromatic carbocycles. The topological polar surface area (TPSA) is 43.9 Å². The Morgan fingerprint density at radius 2 is 1.70 bits per heavy atom. The average Bonchev–Trinajstić information content (AvgIpc) is 3.37. The molecule has 1 unspecified atom stereocenters. The van der Waals surface area contributed by atoms with Crippen molar-refractivity contribution in [1.29, 1.82) is 0 Å². The van der Waals surface area contributed by atoms with Crippen molar-refractivity contribution in [3.8, 4) is 0 Å². The van der Waals surface area contributed by atoms with Crippen LogP contribution in [0.1, 0.15) is 37.7 Å². The Hall–Kier alpha value is -1.88. The van der Waals surface area contributed by atoms with E-state index in [1.165, 1.54) is 31.2 Å². The van der Waals surface area contributed by atoms with Crippen LogP contribution in [0.2, 0.25) is 0 Å². The lowest BCUT2D eigenvalue weighted by Crippen LogP contribution is -2.52. The fourth-order valence-corrected chi connectivity index (χ4v) is 4.90. The molecular formula is C22H31N3O2. The molecule has 2 aliphatic heterocycles. The highest BCUT2D eigenvalue weighted by molar-refractivity contribution is 5.89. The summed E-state index contributed by atoms with van der Waals surface area (Å²) < 4.78 is 0. The monoisotopic (exact) mass is 369 g/mol. The van der Waals surface area contributed by atoms with Crippen molar-refractivity contribution in [3.05, 3.63) is 35.9 Å². The third kappa shape index (κ3) is 4.34. The molecule has 5 heteroatoms. The fourth-order valence-electron chi connectivity index (χ4n) is 4.90. The van der Waals surface area contributed by atoms with E-state index >= 15 is 0 Å². The SMILES string of the molecule is O=C1CC(C(=O)N2CCN(C3CCCC3)CC2)CN1CCc1ccccc1. The van der Waals surface area contributed by atoms with E-state index in [0.717, 1.165) is 38.6 Å². The highest BCUT2D eigenvalue weighted by atomic mass is 16.2. The number of benzene rings is 1. The predicted molar refractivity (Wildman–Crippen MR) is 105 cm³/mol. The largest absolute Gasteiger partial charge is 0.342 e. The first kappa shape index (κ1) is 18.5. The van der Waals surface area contributed by atoms with Gasteiger partial charge in [-0.3, -0.25) is 14.5 Å². The lowest BCUT2D eigenvalue weighted by molar-refractivity contribution is -0.137. The van der Waals surface area contributed by atoms with Crippen molar-refractivity contribution in [1.82, 2.24) is 14.7 Å². The van der Waals surface area contributed by atoms with Gasteiger partial charge in [0.25, 0.3) is 0 Å². The van der Waals surface area contributed by atoms with Crippen LogP contribution in [-0.4, -0.2) is 71.8 Å². The van der Waals surface area contributed by atoms with Crippen molar-refractivity contribution < 1.29 is 9.59 Å². The first-order valence-corrected chi connectivity index (χ1v) is 10.6. The Kier molecular flexibility index (Phi) is 5.77. The summed E-state index contributed by atoms with van der Waals surface area (Å²) in [6.45, 7) is 4.94. The number of likely N-dealkylation sites (tertiary alicyclic amines) is 1. The molecule has 1 atom stereocenters. The first-order valence-electron chi connectivity index (χ1n) is 10.6. The molecule has 2 amide bonds. The minimum Gasteiger partial charge on any atom is -0.342 e. The van der Waals surface area contributed by atoms with Crippen LogP contribution >= 0.6 is 0 Å². The molecule has 1 saturated carbocycles. The molecule has 1 aromatic rings. The van der Waals surface area contributed by atoms with Gasteiger partial charge in [0.2, 0.25) is 11.8 Å². The smallest absolute Gasteiger partial charge is 0.228 e. The predicted octanol–water partition coefficient (Wildman–Crippen LogP) is 2.16. The van der Waals surface area contributed by atoms with Crippen LogP contribution in [0.3, 0.4) is 0 Å². The number of rotatable bonds is 5. The van der Waals surface area contributed by atoms with E-state index in [9.17, 15) is 9.59 Å². The maximum absolute atomic E-state index is 12.9. The van der Waals surface area contributed by atoms with Crippen LogP contribution in [0.4, 0.5) is 0 Å². The van der Waals surface area contributed by atoms with Gasteiger partial charge in [0.15, 0.2) is 0 Å². The molecule has 0 radical (unpaired) electrons. The van der Waals surface area contributed by atoms with Crippen LogP contribution in [0.5, 0.6) is 0 Å². The molecule has 2 saturated heterocycles. The number of carbonyl (C=O) groups excluding carboxylic acids is 2. The molecule has 0 spiro atoms. The second-order valence-corrected chi connectivity index (χ2v) is 8.28. The summed E-state index contributed by atoms with van der Waals surface area (Å²) >= 11 is 0. The van der Waals surface area contributed by atoms with E-state index < -0.39 is 0 Å². The summed E-state index contributed by atoms with van der Waals surface area (Å²) in [5.74, 6) is 0.178. The standard InChI is InChI=1S/C22H31N3O2/c26-21-16-19(17-25(21)11-10-18-6-2-1-3-7-18)22(27)24-14-12-23(13-15-24)20-8-4-5-9-20/h1-3,6-7,19-20H,4-5,8-17H2. The van der Waals surface area contributed by atoms with Crippen LogP contribution in [0, 0.1) is 5.92 Å². The van der Waals surface area contributed by atoms with Crippen LogP contribution in [0.15, 0.2) is 30.3 Å². The van der Waals surface area contributed by atoms with Crippen LogP contribution in [0.25, 0.3) is 0 Å². The average molecular weight is 370 g/mol. The van der Waals surface area contributed by atoms with Gasteiger partial charge < -0.3 is 9.80 Å². The second kappa shape index (κ2) is 8.42. The number of hydrogen-bond acceptors (Lipinski definition) is 3. The van der Waals surface area contributed by atoms with Crippen molar-refractivity contribution in [3.63, 3.8) is 0 Å². The lowest BCUT2D eigenvalue weighted by atomic mass is 10.1. The van der Waals surface area contributed by atoms with Crippen molar-refractivity contribution in [2.75, 3.05) is 39.3 Å². The number of hydrogen-bond donors (Lipinski definition) is 0. The minimum absolute atomic E-state index is 0.133. The summed E-state index contributed by atoms with van der Waals surface area (Å²) in [4.78, 5) is 31.7. The zero-order valence-corrected chi connectivity index (χ0v) is 16.2. The second-order valence-electron chi connectivity index (χ2n) is 8.28. The van der Waals surface area contributed by atoms with E-state index in [1.54, 1.807) is 0 Å². The lowest BCUT2D eigenvalue weighted by Gasteiger charge is -2.38. The number of amides is 2. The van der Waals surface area contributed by atoms with Gasteiger partial charge in [-0.1, -0.05) is 43.2 Å². The maximum atomic E-state index is 12.9. The maximum Gasteiger partial charge on any atom is 0.228 e. The molecule has 3 aliphatic rings. The zero-order chi connectivity index (χ0) is 18.6. The van der Waals surface area contributed by atoms with Crippen molar-refractivity contribution in [2.45, 2.75) is 44.6 Å². The van der Waals surface area contributed by atoms with E-state index in [-0.39, 0.29) is 17.7 Å². The summed E-state index contributed by atoms with van der Waals surface area (Å²) in [5.41, 5.74) is 1.24. The number of carbonyl (C=O) groups is 2. The molecule has 27 heavy (non-hydrogen) atoms. The quantitative estimate of drug-likeness (QED) is 0.799. The van der Waals surface area contributed by atoms with Gasteiger partial charge in [0.1, 0.15) is 0 Å². The first-order chi connectivity index (χ1) is 13.2. The van der Waals surface area contributed by atoms with E-state index in [4.69, 9.17) is 0 Å². The van der Waals surface area contributed by atoms with Gasteiger partial charge in [0, 0.05) is 51.7 Å². The molecular weight excluding hydrogens is 338 g/mol. The van der Waals surface area contributed by atoms with Crippen LogP contribution < -0.4 is 0 Å². The zero-order valence-electron chi connectivity index (χ0n) is 16.2. The fraction of sp³-hybridized carbons (Fsp3) is 0.636. The summed E-state index contributed by atoms with van der Waals surface area (Å²) in [7, 11) is 0. The minimum atomic E-state index is -0.147. The molecule has 0 bridgehead atoms. The Labute approximate surface area is 162 Å². The summed E-state index contributed by atoms with van der Waals surface area (Å²) in [5, 5.41) is 0. The molecule has 1 aliphatic carbocycles. The van der Waals surface area contributed by atoms with E-state index in [0.29, 0.717) is 19.5 Å². The third-order valence-corrected chi connectivity index (χ3v) is 6.54. The Morgan fingerprint density at radius 3 is 2.41 bits per heavy atom. The van der Waals surface area contributed by atoms with Crippen LogP contribution in [-0.2, 0) is 16.0 Å². The highest BCUT2D eigenvalue weighted by Crippen LogP contribution is 2.26. The number of piperazine rings is 1. The van der Waals surface area contributed by atoms with Gasteiger partial charge in [-0.2, -0.15) is 0 Å². The van der Waals surface area contributed by atoms with Crippen molar-refractivity contribution in [2.24, 2.45) is 5.92 Å². The van der Waals surface area contributed by atoms with Gasteiger partial charge in [-0.05, 0) is 24.8 Å². The molecule has 5 nitrogen and oxygen atoms in total. The summed E-state index contributed by atoms with van der Waals surface area (Å²) in [6.07, 6.45) is 6.59. The molecule has 3 fully saturated rings. The highest BCUT2D eigenvalue weighted by Gasteiger charge is 2.37. The Bertz CT molecular complexity index is 649. The van der Waals surface area contributed by atoms with Gasteiger partial charge in [-0.15, -0.1) is 0 Å². The van der Waals surface area contributed by atoms with Crippen molar-refractivity contribution >= 4 is 11.8 Å². The number of nitrogens with zero attached hydrogens (tertiary/aromatic N) is 3. The van der Waals surface area contributed by atoms with Gasteiger partial charge in [-0.25, -0.2) is 0 Å². The third-order valence-electron chi connectivity index (χ3n) is 6.54. The molecule has 4 rings (SSSR count). The van der Waals surface area contributed by atoms with E-state index in [2.05, 4.69) is 17.0 Å². The summed E-state index contributed by atoms with van der Waals surface area (Å²) in [6, 6.07) is 11.0. The van der Waals surface area contributed by atoms with Gasteiger partial charge >= 0.3 is 0 Å². The van der Waals surface area contributed by atoms with Gasteiger partial charge in [0.05, 0.1) is 5.92 Å². The van der Waals surface area contributed by atoms with E-state index in [1.807, 2.05) is 28.0 Å². The Morgan fingerprint density at radius 1 is 1.00 bits per heavy atom.